The van der Waals surface area contributed by atoms with Crippen molar-refractivity contribution in [2.75, 3.05) is 13.2 Å². The van der Waals surface area contributed by atoms with E-state index in [1.165, 1.54) is 13.0 Å². The van der Waals surface area contributed by atoms with Gasteiger partial charge in [0.05, 0.1) is 6.61 Å². The zero-order valence-corrected chi connectivity index (χ0v) is 12.2. The first-order chi connectivity index (χ1) is 9.52. The Morgan fingerprint density at radius 2 is 2.00 bits per heavy atom. The van der Waals surface area contributed by atoms with Gasteiger partial charge in [0.15, 0.2) is 0 Å². The van der Waals surface area contributed by atoms with E-state index in [-0.39, 0.29) is 11.9 Å². The number of hydrogen-bond donors (Lipinski definition) is 1. The second-order valence-corrected chi connectivity index (χ2v) is 4.43. The van der Waals surface area contributed by atoms with E-state index in [1.807, 2.05) is 12.2 Å². The number of ether oxygens (including phenoxy) is 2. The van der Waals surface area contributed by atoms with Crippen LogP contribution in [0.15, 0.2) is 35.3 Å². The molecule has 0 amide bonds. The van der Waals surface area contributed by atoms with Gasteiger partial charge < -0.3 is 14.8 Å². The fourth-order valence-electron chi connectivity index (χ4n) is 1.79. The van der Waals surface area contributed by atoms with Crippen molar-refractivity contribution in [1.82, 2.24) is 5.32 Å². The van der Waals surface area contributed by atoms with Crippen LogP contribution in [0.25, 0.3) is 0 Å². The number of allylic oxidation sites excluding steroid dienone is 3. The van der Waals surface area contributed by atoms with Crippen molar-refractivity contribution in [2.45, 2.75) is 33.6 Å². The maximum atomic E-state index is 11.3. The summed E-state index contributed by atoms with van der Waals surface area (Å²) < 4.78 is 10.0. The smallest absolute Gasteiger partial charge is 0.332 e. The van der Waals surface area contributed by atoms with E-state index < -0.39 is 0 Å². The molecule has 0 aromatic carbocycles. The first kappa shape index (κ1) is 16.0. The minimum atomic E-state index is -0.366. The van der Waals surface area contributed by atoms with Crippen LogP contribution in [-0.4, -0.2) is 25.1 Å². The normalized spacial score (nSPS) is 15.1. The summed E-state index contributed by atoms with van der Waals surface area (Å²) in [5, 5.41) is 3.12. The van der Waals surface area contributed by atoms with Crippen LogP contribution in [0.1, 0.15) is 33.6 Å². The van der Waals surface area contributed by atoms with Crippen LogP contribution in [0.3, 0.4) is 0 Å². The molecular weight excluding hydrogens is 258 g/mol. The second-order valence-electron chi connectivity index (χ2n) is 4.43. The number of hydrogen-bond acceptors (Lipinski definition) is 5. The molecule has 1 aliphatic carbocycles. The standard InChI is InChI=1S/C15H21NO4/c1-4-19-15(18)9-11(2)16-10-13-7-5-6-8-14(13)20-12(3)17/h5-6,9,16H,4,7-8,10H2,1-3H3. The van der Waals surface area contributed by atoms with Crippen molar-refractivity contribution >= 4 is 11.9 Å². The van der Waals surface area contributed by atoms with E-state index in [0.717, 1.165) is 12.0 Å². The van der Waals surface area contributed by atoms with Gasteiger partial charge in [0.2, 0.25) is 0 Å². The summed E-state index contributed by atoms with van der Waals surface area (Å²) in [5.74, 6) is 0.0123. The molecule has 20 heavy (non-hydrogen) atoms. The molecule has 0 radical (unpaired) electrons. The Labute approximate surface area is 119 Å². The first-order valence-corrected chi connectivity index (χ1v) is 6.66. The molecule has 0 heterocycles. The Morgan fingerprint density at radius 3 is 2.65 bits per heavy atom. The molecule has 0 aromatic heterocycles. The molecule has 0 fully saturated rings. The molecule has 0 saturated heterocycles. The largest absolute Gasteiger partial charge is 0.463 e. The summed E-state index contributed by atoms with van der Waals surface area (Å²) in [6, 6.07) is 0. The minimum Gasteiger partial charge on any atom is -0.463 e. The van der Waals surface area contributed by atoms with Gasteiger partial charge in [-0.1, -0.05) is 12.2 Å². The molecule has 110 valence electrons. The number of rotatable bonds is 6. The first-order valence-electron chi connectivity index (χ1n) is 6.66. The quantitative estimate of drug-likeness (QED) is 0.459. The van der Waals surface area contributed by atoms with Crippen molar-refractivity contribution in [2.24, 2.45) is 0 Å². The van der Waals surface area contributed by atoms with E-state index in [9.17, 15) is 9.59 Å². The lowest BCUT2D eigenvalue weighted by Gasteiger charge is -2.17. The molecule has 0 spiro atoms. The molecule has 0 atom stereocenters. The molecule has 0 unspecified atom stereocenters. The zero-order chi connectivity index (χ0) is 15.0. The highest BCUT2D eigenvalue weighted by atomic mass is 16.5. The van der Waals surface area contributed by atoms with Crippen LogP contribution in [0, 0.1) is 0 Å². The highest BCUT2D eigenvalue weighted by Gasteiger charge is 2.12. The number of carbonyl (C=O) groups excluding carboxylic acids is 2. The number of carbonyl (C=O) groups is 2. The Morgan fingerprint density at radius 1 is 1.30 bits per heavy atom. The van der Waals surface area contributed by atoms with E-state index >= 15 is 0 Å². The minimum absolute atomic E-state index is 0.313. The number of nitrogens with one attached hydrogen (secondary N) is 1. The third kappa shape index (κ3) is 5.73. The predicted molar refractivity (Wildman–Crippen MR) is 75.6 cm³/mol. The molecule has 5 heteroatoms. The van der Waals surface area contributed by atoms with Gasteiger partial charge in [0.1, 0.15) is 5.76 Å². The topological polar surface area (TPSA) is 64.6 Å². The van der Waals surface area contributed by atoms with Crippen molar-refractivity contribution < 1.29 is 19.1 Å². The zero-order valence-electron chi connectivity index (χ0n) is 12.2. The summed E-state index contributed by atoms with van der Waals surface area (Å²) in [5.41, 5.74) is 1.73. The van der Waals surface area contributed by atoms with Gasteiger partial charge in [-0.3, -0.25) is 4.79 Å². The highest BCUT2D eigenvalue weighted by molar-refractivity contribution is 5.82. The van der Waals surface area contributed by atoms with Gasteiger partial charge in [0.25, 0.3) is 0 Å². The van der Waals surface area contributed by atoms with Crippen LogP contribution in [0.2, 0.25) is 0 Å². The summed E-state index contributed by atoms with van der Waals surface area (Å²) in [4.78, 5) is 22.3. The van der Waals surface area contributed by atoms with Crippen LogP contribution in [-0.2, 0) is 19.1 Å². The van der Waals surface area contributed by atoms with Gasteiger partial charge in [-0.25, -0.2) is 4.79 Å². The highest BCUT2D eigenvalue weighted by Crippen LogP contribution is 2.20. The maximum absolute atomic E-state index is 11.3. The fourth-order valence-corrected chi connectivity index (χ4v) is 1.79. The van der Waals surface area contributed by atoms with E-state index in [2.05, 4.69) is 5.32 Å². The maximum Gasteiger partial charge on any atom is 0.332 e. The summed E-state index contributed by atoms with van der Waals surface area (Å²) in [6.45, 7) is 5.84. The van der Waals surface area contributed by atoms with Gasteiger partial charge in [-0.15, -0.1) is 0 Å². The monoisotopic (exact) mass is 279 g/mol. The summed E-state index contributed by atoms with van der Waals surface area (Å²) in [7, 11) is 0. The second kappa shape index (κ2) is 8.19. The van der Waals surface area contributed by atoms with Crippen molar-refractivity contribution in [3.63, 3.8) is 0 Å². The van der Waals surface area contributed by atoms with Crippen LogP contribution < -0.4 is 5.32 Å². The Hall–Kier alpha value is -2.04. The van der Waals surface area contributed by atoms with Gasteiger partial charge >= 0.3 is 11.9 Å². The van der Waals surface area contributed by atoms with Gasteiger partial charge in [-0.2, -0.15) is 0 Å². The fraction of sp³-hybridized carbons (Fsp3) is 0.467. The van der Waals surface area contributed by atoms with Crippen LogP contribution >= 0.6 is 0 Å². The predicted octanol–water partition coefficient (Wildman–Crippen LogP) is 2.21. The third-order valence-corrected chi connectivity index (χ3v) is 2.70. The van der Waals surface area contributed by atoms with Crippen molar-refractivity contribution in [3.8, 4) is 0 Å². The Bertz CT molecular complexity index is 460. The lowest BCUT2D eigenvalue weighted by atomic mass is 10.0. The molecule has 5 nitrogen and oxygen atoms in total. The molecule has 0 aliphatic heterocycles. The summed E-state index contributed by atoms with van der Waals surface area (Å²) in [6.07, 6.45) is 6.78. The van der Waals surface area contributed by atoms with E-state index in [0.29, 0.717) is 31.0 Å². The lowest BCUT2D eigenvalue weighted by Crippen LogP contribution is -2.19. The average molecular weight is 279 g/mol. The molecular formula is C15H21NO4. The van der Waals surface area contributed by atoms with Crippen molar-refractivity contribution in [3.05, 3.63) is 35.3 Å². The molecule has 0 saturated carbocycles. The van der Waals surface area contributed by atoms with Crippen LogP contribution in [0.4, 0.5) is 0 Å². The lowest BCUT2D eigenvalue weighted by molar-refractivity contribution is -0.138. The van der Waals surface area contributed by atoms with Gasteiger partial charge in [0, 0.05) is 31.7 Å². The summed E-state index contributed by atoms with van der Waals surface area (Å²) >= 11 is 0. The molecule has 1 N–H and O–H groups in total. The molecule has 1 rings (SSSR count). The van der Waals surface area contributed by atoms with Gasteiger partial charge in [-0.05, 0) is 25.8 Å². The molecule has 1 aliphatic rings. The SMILES string of the molecule is CCOC(=O)C=C(C)NCC1=C(OC(C)=O)CC=CC1. The third-order valence-electron chi connectivity index (χ3n) is 2.70. The average Bonchev–Trinajstić information content (AvgIpc) is 2.37. The Balaban J connectivity index is 2.59. The molecule has 0 aromatic rings. The van der Waals surface area contributed by atoms with Crippen molar-refractivity contribution in [1.29, 1.82) is 0 Å². The Kier molecular flexibility index (Phi) is 6.56. The van der Waals surface area contributed by atoms with E-state index in [4.69, 9.17) is 9.47 Å². The number of esters is 2. The van der Waals surface area contributed by atoms with Crippen LogP contribution in [0.5, 0.6) is 0 Å². The van der Waals surface area contributed by atoms with E-state index in [1.54, 1.807) is 13.8 Å². The molecule has 0 bridgehead atoms.